The smallest absolute Gasteiger partial charge is 0.410 e. The highest BCUT2D eigenvalue weighted by Gasteiger charge is 2.31. The lowest BCUT2D eigenvalue weighted by Crippen LogP contribution is -2.49. The maximum absolute atomic E-state index is 12.2. The highest BCUT2D eigenvalue weighted by atomic mass is 16.6. The summed E-state index contributed by atoms with van der Waals surface area (Å²) >= 11 is 0. The number of carboxylic acid groups (broad SMARTS) is 1. The summed E-state index contributed by atoms with van der Waals surface area (Å²) in [5, 5.41) is 9.38. The number of carbonyl (C=O) groups is 2. The Hall–Kier alpha value is -2.28. The predicted octanol–water partition coefficient (Wildman–Crippen LogP) is 3.29. The highest BCUT2D eigenvalue weighted by molar-refractivity contribution is 5.77. The van der Waals surface area contributed by atoms with Gasteiger partial charge in [-0.05, 0) is 47.1 Å². The predicted molar refractivity (Wildman–Crippen MR) is 107 cm³/mol. The van der Waals surface area contributed by atoms with Crippen LogP contribution in [0.4, 0.5) is 4.79 Å². The Balaban J connectivity index is 2.03. The van der Waals surface area contributed by atoms with E-state index < -0.39 is 17.2 Å². The normalized spacial score (nSPS) is 16.0. The van der Waals surface area contributed by atoms with Crippen LogP contribution < -0.4 is 4.74 Å². The van der Waals surface area contributed by atoms with Gasteiger partial charge in [-0.15, -0.1) is 0 Å². The molecule has 0 radical (unpaired) electrons. The molecular formula is C21H32N2O5. The molecule has 1 aliphatic rings. The highest BCUT2D eigenvalue weighted by Crippen LogP contribution is 2.29. The van der Waals surface area contributed by atoms with Crippen LogP contribution in [-0.2, 0) is 16.1 Å². The third-order valence-electron chi connectivity index (χ3n) is 4.58. The third kappa shape index (κ3) is 5.86. The van der Waals surface area contributed by atoms with Gasteiger partial charge < -0.3 is 19.5 Å². The molecule has 1 fully saturated rings. The minimum absolute atomic E-state index is 0.282. The van der Waals surface area contributed by atoms with E-state index in [2.05, 4.69) is 4.90 Å². The summed E-state index contributed by atoms with van der Waals surface area (Å²) in [4.78, 5) is 27.6. The molecule has 0 aromatic heterocycles. The molecule has 7 nitrogen and oxygen atoms in total. The minimum Gasteiger partial charge on any atom is -0.478 e. The van der Waals surface area contributed by atoms with Gasteiger partial charge in [0.1, 0.15) is 11.4 Å². The Kier molecular flexibility index (Phi) is 6.59. The van der Waals surface area contributed by atoms with E-state index in [9.17, 15) is 14.7 Å². The molecule has 0 bridgehead atoms. The number of carbonyl (C=O) groups excluding carboxylic acids is 1. The number of benzene rings is 1. The van der Waals surface area contributed by atoms with Crippen LogP contribution >= 0.6 is 0 Å². The van der Waals surface area contributed by atoms with Crippen LogP contribution in [0, 0.1) is 6.92 Å². The van der Waals surface area contributed by atoms with Crippen molar-refractivity contribution < 1.29 is 24.2 Å². The van der Waals surface area contributed by atoms with Gasteiger partial charge in [-0.3, -0.25) is 4.90 Å². The molecular weight excluding hydrogens is 360 g/mol. The van der Waals surface area contributed by atoms with Gasteiger partial charge >= 0.3 is 12.1 Å². The molecule has 28 heavy (non-hydrogen) atoms. The molecule has 1 amide bonds. The van der Waals surface area contributed by atoms with E-state index in [-0.39, 0.29) is 6.09 Å². The Morgan fingerprint density at radius 1 is 1.07 bits per heavy atom. The minimum atomic E-state index is -1.31. The van der Waals surface area contributed by atoms with Crippen molar-refractivity contribution in [2.45, 2.75) is 59.3 Å². The van der Waals surface area contributed by atoms with E-state index in [4.69, 9.17) is 9.47 Å². The summed E-state index contributed by atoms with van der Waals surface area (Å²) in [6.07, 6.45) is -0.282. The Morgan fingerprint density at radius 2 is 1.68 bits per heavy atom. The van der Waals surface area contributed by atoms with Gasteiger partial charge in [0.15, 0.2) is 5.60 Å². The molecule has 7 heteroatoms. The number of amides is 1. The lowest BCUT2D eigenvalue weighted by atomic mass is 10.1. The largest absolute Gasteiger partial charge is 0.478 e. The summed E-state index contributed by atoms with van der Waals surface area (Å²) in [7, 11) is 0. The molecule has 1 heterocycles. The zero-order chi connectivity index (χ0) is 21.1. The molecule has 1 N–H and O–H groups in total. The van der Waals surface area contributed by atoms with Crippen LogP contribution in [0.15, 0.2) is 18.2 Å². The molecule has 0 aliphatic carbocycles. The van der Waals surface area contributed by atoms with Crippen LogP contribution in [0.2, 0.25) is 0 Å². The second-order valence-electron chi connectivity index (χ2n) is 8.72. The number of nitrogens with zero attached hydrogens (tertiary/aromatic N) is 2. The van der Waals surface area contributed by atoms with Crippen molar-refractivity contribution >= 4 is 12.1 Å². The van der Waals surface area contributed by atoms with E-state index in [1.807, 2.05) is 45.9 Å². The van der Waals surface area contributed by atoms with Gasteiger partial charge in [-0.1, -0.05) is 18.2 Å². The topological polar surface area (TPSA) is 79.3 Å². The van der Waals surface area contributed by atoms with Crippen LogP contribution in [0.5, 0.6) is 5.75 Å². The standard InChI is InChI=1S/C21H32N2O5/c1-15-8-7-9-16(17(15)27-21(5,6)18(24)25)14-22-10-12-23(13-11-22)19(26)28-20(2,3)4/h7-9H,10-14H2,1-6H3,(H,24,25). The molecule has 0 atom stereocenters. The first kappa shape index (κ1) is 22.0. The number of aryl methyl sites for hydroxylation is 1. The number of carboxylic acids is 1. The van der Waals surface area contributed by atoms with Crippen molar-refractivity contribution in [1.82, 2.24) is 9.80 Å². The zero-order valence-electron chi connectivity index (χ0n) is 17.7. The summed E-state index contributed by atoms with van der Waals surface area (Å²) in [5.41, 5.74) is 0.0363. The molecule has 0 spiro atoms. The van der Waals surface area contributed by atoms with Crippen molar-refractivity contribution in [3.63, 3.8) is 0 Å². The molecule has 1 saturated heterocycles. The Morgan fingerprint density at radius 3 is 2.21 bits per heavy atom. The molecule has 1 aromatic carbocycles. The van der Waals surface area contributed by atoms with Crippen molar-refractivity contribution in [2.24, 2.45) is 0 Å². The fourth-order valence-corrected chi connectivity index (χ4v) is 2.94. The molecule has 0 saturated carbocycles. The monoisotopic (exact) mass is 392 g/mol. The maximum atomic E-state index is 12.2. The van der Waals surface area contributed by atoms with Crippen LogP contribution in [0.1, 0.15) is 45.7 Å². The van der Waals surface area contributed by atoms with Gasteiger partial charge in [0.2, 0.25) is 0 Å². The van der Waals surface area contributed by atoms with Crippen LogP contribution in [-0.4, -0.2) is 64.4 Å². The first-order valence-corrected chi connectivity index (χ1v) is 9.60. The second kappa shape index (κ2) is 8.39. The number of ether oxygens (including phenoxy) is 2. The van der Waals surface area contributed by atoms with E-state index >= 15 is 0 Å². The number of rotatable bonds is 5. The van der Waals surface area contributed by atoms with Gasteiger partial charge in [0.05, 0.1) is 0 Å². The molecule has 2 rings (SSSR count). The number of hydrogen-bond donors (Lipinski definition) is 1. The first-order valence-electron chi connectivity index (χ1n) is 9.60. The zero-order valence-corrected chi connectivity index (χ0v) is 17.7. The average molecular weight is 392 g/mol. The summed E-state index contributed by atoms with van der Waals surface area (Å²) in [5.74, 6) is -0.392. The summed E-state index contributed by atoms with van der Waals surface area (Å²) in [6.45, 7) is 13.8. The Bertz CT molecular complexity index is 716. The number of piperazine rings is 1. The lowest BCUT2D eigenvalue weighted by molar-refractivity contribution is -0.152. The molecule has 0 unspecified atom stereocenters. The number of para-hydroxylation sites is 1. The van der Waals surface area contributed by atoms with Gasteiger partial charge in [0, 0.05) is 38.3 Å². The quantitative estimate of drug-likeness (QED) is 0.828. The third-order valence-corrected chi connectivity index (χ3v) is 4.58. The maximum Gasteiger partial charge on any atom is 0.410 e. The number of hydrogen-bond acceptors (Lipinski definition) is 5. The van der Waals surface area contributed by atoms with Crippen molar-refractivity contribution in [3.8, 4) is 5.75 Å². The van der Waals surface area contributed by atoms with Gasteiger partial charge in [-0.2, -0.15) is 0 Å². The second-order valence-corrected chi connectivity index (χ2v) is 8.72. The SMILES string of the molecule is Cc1cccc(CN2CCN(C(=O)OC(C)(C)C)CC2)c1OC(C)(C)C(=O)O. The number of aliphatic carboxylic acids is 1. The van der Waals surface area contributed by atoms with E-state index in [0.29, 0.717) is 25.4 Å². The fourth-order valence-electron chi connectivity index (χ4n) is 2.94. The van der Waals surface area contributed by atoms with Crippen LogP contribution in [0.3, 0.4) is 0 Å². The fraction of sp³-hybridized carbons (Fsp3) is 0.619. The van der Waals surface area contributed by atoms with Crippen molar-refractivity contribution in [2.75, 3.05) is 26.2 Å². The summed E-state index contributed by atoms with van der Waals surface area (Å²) in [6, 6.07) is 5.82. The average Bonchev–Trinajstić information content (AvgIpc) is 2.57. The van der Waals surface area contributed by atoms with Gasteiger partial charge in [-0.25, -0.2) is 9.59 Å². The van der Waals surface area contributed by atoms with Crippen molar-refractivity contribution in [3.05, 3.63) is 29.3 Å². The molecule has 1 aliphatic heterocycles. The van der Waals surface area contributed by atoms with E-state index in [1.54, 1.807) is 18.7 Å². The van der Waals surface area contributed by atoms with E-state index in [1.165, 1.54) is 0 Å². The molecule has 1 aromatic rings. The molecule has 156 valence electrons. The van der Waals surface area contributed by atoms with Gasteiger partial charge in [0.25, 0.3) is 0 Å². The summed E-state index contributed by atoms with van der Waals surface area (Å²) < 4.78 is 11.3. The Labute approximate surface area is 167 Å². The van der Waals surface area contributed by atoms with Crippen LogP contribution in [0.25, 0.3) is 0 Å². The first-order chi connectivity index (χ1) is 12.9. The van der Waals surface area contributed by atoms with E-state index in [0.717, 1.165) is 24.2 Å². The van der Waals surface area contributed by atoms with Crippen molar-refractivity contribution in [1.29, 1.82) is 0 Å². The lowest BCUT2D eigenvalue weighted by Gasteiger charge is -2.36.